The summed E-state index contributed by atoms with van der Waals surface area (Å²) < 4.78 is 68.8. The van der Waals surface area contributed by atoms with Crippen LogP contribution in [0, 0.1) is 6.92 Å². The van der Waals surface area contributed by atoms with Gasteiger partial charge in [-0.25, -0.2) is 4.68 Å². The second kappa shape index (κ2) is 8.00. The highest BCUT2D eigenvalue weighted by Crippen LogP contribution is 2.34. The lowest BCUT2D eigenvalue weighted by molar-refractivity contribution is -0.143. The van der Waals surface area contributed by atoms with Gasteiger partial charge in [0, 0.05) is 40.3 Å². The van der Waals surface area contributed by atoms with Crippen molar-refractivity contribution in [1.29, 1.82) is 0 Å². The lowest BCUT2D eigenvalue weighted by Gasteiger charge is -2.35. The first-order valence-corrected chi connectivity index (χ1v) is 10.5. The van der Waals surface area contributed by atoms with Gasteiger partial charge in [-0.2, -0.15) is 35.3 Å². The number of aromatic nitrogens is 2. The quantitative estimate of drug-likeness (QED) is 0.719. The van der Waals surface area contributed by atoms with Gasteiger partial charge in [-0.3, -0.25) is 4.79 Å². The summed E-state index contributed by atoms with van der Waals surface area (Å²) in [5.41, 5.74) is -0.651. The highest BCUT2D eigenvalue weighted by molar-refractivity contribution is 7.86. The molecule has 0 radical (unpaired) electrons. The van der Waals surface area contributed by atoms with Gasteiger partial charge < -0.3 is 4.90 Å². The zero-order chi connectivity index (χ0) is 22.3. The van der Waals surface area contributed by atoms with Gasteiger partial charge in [0.1, 0.15) is 0 Å². The number of amides is 1. The molecule has 1 aromatic carbocycles. The Bertz CT molecular complexity index is 1020. The summed E-state index contributed by atoms with van der Waals surface area (Å²) >= 11 is 0. The van der Waals surface area contributed by atoms with Crippen molar-refractivity contribution in [3.63, 3.8) is 0 Å². The smallest absolute Gasteiger partial charge is 0.336 e. The number of halogens is 3. The average molecular weight is 445 g/mol. The molecular formula is C18H22F3N5O3S. The molecule has 0 aliphatic carbocycles. The van der Waals surface area contributed by atoms with Gasteiger partial charge in [0.25, 0.3) is 16.1 Å². The Morgan fingerprint density at radius 3 is 2.13 bits per heavy atom. The largest absolute Gasteiger partial charge is 0.434 e. The fourth-order valence-corrected chi connectivity index (χ4v) is 4.27. The van der Waals surface area contributed by atoms with E-state index in [1.807, 2.05) is 6.92 Å². The van der Waals surface area contributed by atoms with Crippen molar-refractivity contribution in [2.45, 2.75) is 13.1 Å². The van der Waals surface area contributed by atoms with Crippen molar-refractivity contribution >= 4 is 16.1 Å². The summed E-state index contributed by atoms with van der Waals surface area (Å²) in [6.45, 7) is 1.78. The number of piperazine rings is 1. The minimum Gasteiger partial charge on any atom is -0.336 e. The van der Waals surface area contributed by atoms with E-state index < -0.39 is 33.6 Å². The molecule has 8 nitrogen and oxygen atoms in total. The molecule has 0 saturated carbocycles. The second-order valence-electron chi connectivity index (χ2n) is 7.13. The zero-order valence-corrected chi connectivity index (χ0v) is 17.5. The molecule has 2 heterocycles. The van der Waals surface area contributed by atoms with Crippen molar-refractivity contribution in [3.8, 4) is 5.69 Å². The SMILES string of the molecule is Cc1ccc(-n2ncc(C(=O)N3CCN(S(=O)(=O)N(C)C)CC3)c2C(F)(F)F)cc1. The molecule has 1 aliphatic rings. The van der Waals surface area contributed by atoms with Gasteiger partial charge in [0.15, 0.2) is 5.69 Å². The number of benzene rings is 1. The van der Waals surface area contributed by atoms with Crippen LogP contribution in [0.3, 0.4) is 0 Å². The molecule has 2 aromatic rings. The Morgan fingerprint density at radius 1 is 1.07 bits per heavy atom. The van der Waals surface area contributed by atoms with Gasteiger partial charge in [-0.1, -0.05) is 17.7 Å². The summed E-state index contributed by atoms with van der Waals surface area (Å²) in [5, 5.41) is 3.81. The van der Waals surface area contributed by atoms with E-state index >= 15 is 0 Å². The second-order valence-corrected chi connectivity index (χ2v) is 9.28. The van der Waals surface area contributed by atoms with E-state index in [1.165, 1.54) is 35.4 Å². The summed E-state index contributed by atoms with van der Waals surface area (Å²) in [5.74, 6) is -0.831. The maximum atomic E-state index is 13.8. The van der Waals surface area contributed by atoms with Crippen molar-refractivity contribution in [3.05, 3.63) is 47.3 Å². The summed E-state index contributed by atoms with van der Waals surface area (Å²) in [7, 11) is -0.867. The van der Waals surface area contributed by atoms with E-state index in [2.05, 4.69) is 5.10 Å². The predicted octanol–water partition coefficient (Wildman–Crippen LogP) is 1.76. The normalized spacial score (nSPS) is 16.3. The van der Waals surface area contributed by atoms with E-state index in [4.69, 9.17) is 0 Å². The fraction of sp³-hybridized carbons (Fsp3) is 0.444. The van der Waals surface area contributed by atoms with Crippen LogP contribution >= 0.6 is 0 Å². The number of nitrogens with zero attached hydrogens (tertiary/aromatic N) is 5. The molecule has 164 valence electrons. The predicted molar refractivity (Wildman–Crippen MR) is 103 cm³/mol. The molecule has 0 atom stereocenters. The number of rotatable bonds is 4. The van der Waals surface area contributed by atoms with Crippen LogP contribution in [0.4, 0.5) is 13.2 Å². The maximum Gasteiger partial charge on any atom is 0.434 e. The lowest BCUT2D eigenvalue weighted by Crippen LogP contribution is -2.53. The number of hydrogen-bond acceptors (Lipinski definition) is 4. The van der Waals surface area contributed by atoms with E-state index in [1.54, 1.807) is 12.1 Å². The average Bonchev–Trinajstić information content (AvgIpc) is 3.13. The number of aryl methyl sites for hydroxylation is 1. The number of hydrogen-bond donors (Lipinski definition) is 0. The molecule has 1 amide bonds. The van der Waals surface area contributed by atoms with Crippen molar-refractivity contribution in [1.82, 2.24) is 23.3 Å². The molecule has 1 saturated heterocycles. The van der Waals surface area contributed by atoms with Crippen molar-refractivity contribution < 1.29 is 26.4 Å². The van der Waals surface area contributed by atoms with Gasteiger partial charge in [0.05, 0.1) is 17.4 Å². The minimum atomic E-state index is -4.80. The van der Waals surface area contributed by atoms with E-state index in [0.717, 1.165) is 16.1 Å². The first kappa shape index (κ1) is 22.2. The monoisotopic (exact) mass is 445 g/mol. The van der Waals surface area contributed by atoms with E-state index in [-0.39, 0.29) is 31.9 Å². The topological polar surface area (TPSA) is 78.8 Å². The van der Waals surface area contributed by atoms with E-state index in [0.29, 0.717) is 4.68 Å². The van der Waals surface area contributed by atoms with Gasteiger partial charge in [0.2, 0.25) is 0 Å². The summed E-state index contributed by atoms with van der Waals surface area (Å²) in [6.07, 6.45) is -3.89. The standard InChI is InChI=1S/C18H22F3N5O3S/c1-13-4-6-14(7-5-13)26-16(18(19,20)21)15(12-22-26)17(27)24-8-10-25(11-9-24)30(28,29)23(2)3/h4-7,12H,8-11H2,1-3H3. The summed E-state index contributed by atoms with van der Waals surface area (Å²) in [6, 6.07) is 6.31. The van der Waals surface area contributed by atoms with Gasteiger partial charge in [-0.15, -0.1) is 0 Å². The molecule has 12 heteroatoms. The number of alkyl halides is 3. The van der Waals surface area contributed by atoms with Gasteiger partial charge >= 0.3 is 6.18 Å². The van der Waals surface area contributed by atoms with E-state index in [9.17, 15) is 26.4 Å². The Hall–Kier alpha value is -2.44. The molecule has 0 spiro atoms. The Balaban J connectivity index is 1.88. The first-order valence-electron chi connectivity index (χ1n) is 9.12. The first-order chi connectivity index (χ1) is 13.9. The van der Waals surface area contributed by atoms with Crippen LogP contribution in [0.2, 0.25) is 0 Å². The molecule has 0 N–H and O–H groups in total. The zero-order valence-electron chi connectivity index (χ0n) is 16.7. The third-order valence-electron chi connectivity index (χ3n) is 4.86. The number of carbonyl (C=O) groups excluding carboxylic acids is 1. The molecule has 1 aromatic heterocycles. The number of carbonyl (C=O) groups is 1. The lowest BCUT2D eigenvalue weighted by atomic mass is 10.1. The van der Waals surface area contributed by atoms with Crippen LogP contribution in [0.15, 0.2) is 30.5 Å². The van der Waals surface area contributed by atoms with Crippen LogP contribution < -0.4 is 0 Å². The van der Waals surface area contributed by atoms with Crippen LogP contribution in [0.1, 0.15) is 21.6 Å². The van der Waals surface area contributed by atoms with Crippen LogP contribution in [-0.2, 0) is 16.4 Å². The van der Waals surface area contributed by atoms with Crippen LogP contribution in [-0.4, -0.2) is 77.9 Å². The van der Waals surface area contributed by atoms with Crippen LogP contribution in [0.5, 0.6) is 0 Å². The highest BCUT2D eigenvalue weighted by atomic mass is 32.2. The Morgan fingerprint density at radius 2 is 1.63 bits per heavy atom. The Labute approximate surface area is 172 Å². The third kappa shape index (κ3) is 4.20. The molecule has 1 fully saturated rings. The molecular weight excluding hydrogens is 423 g/mol. The maximum absolute atomic E-state index is 13.8. The fourth-order valence-electron chi connectivity index (χ4n) is 3.18. The molecule has 0 unspecified atom stereocenters. The summed E-state index contributed by atoms with van der Waals surface area (Å²) in [4.78, 5) is 14.1. The Kier molecular flexibility index (Phi) is 5.94. The van der Waals surface area contributed by atoms with Crippen molar-refractivity contribution in [2.24, 2.45) is 0 Å². The molecule has 1 aliphatic heterocycles. The molecule has 30 heavy (non-hydrogen) atoms. The highest BCUT2D eigenvalue weighted by Gasteiger charge is 2.42. The van der Waals surface area contributed by atoms with Crippen LogP contribution in [0.25, 0.3) is 5.69 Å². The minimum absolute atomic E-state index is 0.000294. The molecule has 3 rings (SSSR count). The third-order valence-corrected chi connectivity index (χ3v) is 6.80. The van der Waals surface area contributed by atoms with Gasteiger partial charge in [-0.05, 0) is 19.1 Å². The molecule has 0 bridgehead atoms. The van der Waals surface area contributed by atoms with Crippen molar-refractivity contribution in [2.75, 3.05) is 40.3 Å².